The van der Waals surface area contributed by atoms with Crippen LogP contribution in [0.4, 0.5) is 0 Å². The Morgan fingerprint density at radius 1 is 1.27 bits per heavy atom. The van der Waals surface area contributed by atoms with Gasteiger partial charge in [-0.15, -0.1) is 0 Å². The lowest BCUT2D eigenvalue weighted by atomic mass is 10.1. The minimum absolute atomic E-state index is 0.0174. The van der Waals surface area contributed by atoms with Crippen LogP contribution in [0.3, 0.4) is 0 Å². The van der Waals surface area contributed by atoms with Gasteiger partial charge in [0.15, 0.2) is 0 Å². The number of benzene rings is 1. The molecule has 0 bridgehead atoms. The van der Waals surface area contributed by atoms with E-state index in [4.69, 9.17) is 9.84 Å². The number of carbonyl (C=O) groups is 3. The molecule has 0 aliphatic heterocycles. The van der Waals surface area contributed by atoms with Gasteiger partial charge in [-0.3, -0.25) is 14.4 Å². The van der Waals surface area contributed by atoms with Crippen LogP contribution in [-0.4, -0.2) is 43.1 Å². The number of hydrogen-bond acceptors (Lipinski definition) is 4. The summed E-state index contributed by atoms with van der Waals surface area (Å²) in [6.07, 6.45) is -0.0174. The van der Waals surface area contributed by atoms with Crippen molar-refractivity contribution in [2.75, 3.05) is 20.2 Å². The van der Waals surface area contributed by atoms with E-state index in [2.05, 4.69) is 10.6 Å². The molecule has 0 aromatic heterocycles. The van der Waals surface area contributed by atoms with Gasteiger partial charge in [0.1, 0.15) is 5.75 Å². The Labute approximate surface area is 128 Å². The minimum atomic E-state index is -0.909. The summed E-state index contributed by atoms with van der Waals surface area (Å²) >= 11 is 0. The van der Waals surface area contributed by atoms with Gasteiger partial charge in [0.05, 0.1) is 13.7 Å². The smallest absolute Gasteiger partial charge is 0.303 e. The predicted octanol–water partition coefficient (Wildman–Crippen LogP) is 0.652. The zero-order valence-corrected chi connectivity index (χ0v) is 12.6. The molecular formula is C15H20N2O5. The van der Waals surface area contributed by atoms with E-state index in [1.165, 1.54) is 7.11 Å². The Bertz CT molecular complexity index is 544. The van der Waals surface area contributed by atoms with Crippen LogP contribution in [0.5, 0.6) is 5.75 Å². The van der Waals surface area contributed by atoms with Crippen LogP contribution in [0.15, 0.2) is 24.3 Å². The van der Waals surface area contributed by atoms with Gasteiger partial charge in [0.2, 0.25) is 5.91 Å². The van der Waals surface area contributed by atoms with Crippen molar-refractivity contribution in [3.63, 3.8) is 0 Å². The van der Waals surface area contributed by atoms with E-state index in [1.807, 2.05) is 0 Å². The van der Waals surface area contributed by atoms with Crippen molar-refractivity contribution < 1.29 is 24.2 Å². The molecule has 120 valence electrons. The number of carboxylic acid groups (broad SMARTS) is 1. The van der Waals surface area contributed by atoms with Crippen molar-refractivity contribution in [3.05, 3.63) is 29.8 Å². The summed E-state index contributed by atoms with van der Waals surface area (Å²) in [5.41, 5.74) is 0.395. The van der Waals surface area contributed by atoms with Gasteiger partial charge >= 0.3 is 5.97 Å². The lowest BCUT2D eigenvalue weighted by molar-refractivity contribution is -0.138. The van der Waals surface area contributed by atoms with Crippen LogP contribution in [-0.2, 0) is 9.59 Å². The maximum absolute atomic E-state index is 11.9. The molecule has 7 nitrogen and oxygen atoms in total. The minimum Gasteiger partial charge on any atom is -0.497 e. The molecule has 0 aliphatic rings. The van der Waals surface area contributed by atoms with Gasteiger partial charge in [-0.25, -0.2) is 0 Å². The molecule has 0 saturated carbocycles. The Morgan fingerprint density at radius 3 is 2.64 bits per heavy atom. The predicted molar refractivity (Wildman–Crippen MR) is 79.8 cm³/mol. The summed E-state index contributed by atoms with van der Waals surface area (Å²) in [5.74, 6) is -1.27. The van der Waals surface area contributed by atoms with Gasteiger partial charge in [-0.05, 0) is 24.1 Å². The average Bonchev–Trinajstić information content (AvgIpc) is 2.50. The van der Waals surface area contributed by atoms with Crippen molar-refractivity contribution in [2.45, 2.75) is 13.3 Å². The third-order valence-corrected chi connectivity index (χ3v) is 2.91. The van der Waals surface area contributed by atoms with Gasteiger partial charge in [0.25, 0.3) is 5.91 Å². The van der Waals surface area contributed by atoms with E-state index < -0.39 is 5.97 Å². The quantitative estimate of drug-likeness (QED) is 0.654. The third kappa shape index (κ3) is 6.25. The standard InChI is InChI=1S/C15H20N2O5/c1-10(6-14(19)20)8-16-13(18)9-17-15(21)11-4-3-5-12(7-11)22-2/h3-5,7,10H,6,8-9H2,1-2H3,(H,16,18)(H,17,21)(H,19,20). The van der Waals surface area contributed by atoms with E-state index in [0.29, 0.717) is 11.3 Å². The molecule has 3 N–H and O–H groups in total. The summed E-state index contributed by atoms with van der Waals surface area (Å²) in [5, 5.41) is 13.7. The van der Waals surface area contributed by atoms with E-state index >= 15 is 0 Å². The number of aliphatic carboxylic acids is 1. The molecule has 1 aromatic rings. The molecule has 1 atom stereocenters. The second-order valence-electron chi connectivity index (χ2n) is 4.92. The number of rotatable bonds is 8. The molecule has 1 unspecified atom stereocenters. The van der Waals surface area contributed by atoms with Gasteiger partial charge in [0, 0.05) is 18.5 Å². The van der Waals surface area contributed by atoms with Crippen molar-refractivity contribution >= 4 is 17.8 Å². The largest absolute Gasteiger partial charge is 0.497 e. The summed E-state index contributed by atoms with van der Waals surface area (Å²) in [6, 6.07) is 6.58. The van der Waals surface area contributed by atoms with Crippen molar-refractivity contribution in [1.29, 1.82) is 0 Å². The molecule has 7 heteroatoms. The number of nitrogens with one attached hydrogen (secondary N) is 2. The highest BCUT2D eigenvalue weighted by molar-refractivity contribution is 5.96. The molecule has 1 aromatic carbocycles. The van der Waals surface area contributed by atoms with Crippen molar-refractivity contribution in [1.82, 2.24) is 10.6 Å². The highest BCUT2D eigenvalue weighted by atomic mass is 16.5. The monoisotopic (exact) mass is 308 g/mol. The normalized spacial score (nSPS) is 11.4. The summed E-state index contributed by atoms with van der Waals surface area (Å²) in [4.78, 5) is 34.0. The van der Waals surface area contributed by atoms with E-state index in [0.717, 1.165) is 0 Å². The number of ether oxygens (including phenoxy) is 1. The summed E-state index contributed by atoms with van der Waals surface area (Å²) in [6.45, 7) is 1.80. The number of carbonyl (C=O) groups excluding carboxylic acids is 2. The van der Waals surface area contributed by atoms with E-state index in [1.54, 1.807) is 31.2 Å². The molecule has 1 rings (SSSR count). The molecule has 0 heterocycles. The van der Waals surface area contributed by atoms with E-state index in [9.17, 15) is 14.4 Å². The fourth-order valence-electron chi connectivity index (χ4n) is 1.75. The van der Waals surface area contributed by atoms with Crippen LogP contribution in [0, 0.1) is 5.92 Å². The van der Waals surface area contributed by atoms with E-state index in [-0.39, 0.29) is 37.2 Å². The molecule has 0 aliphatic carbocycles. The molecule has 0 fully saturated rings. The SMILES string of the molecule is COc1cccc(C(=O)NCC(=O)NCC(C)CC(=O)O)c1. The van der Waals surface area contributed by atoms with Gasteiger partial charge < -0.3 is 20.5 Å². The number of hydrogen-bond donors (Lipinski definition) is 3. The fourth-order valence-corrected chi connectivity index (χ4v) is 1.75. The van der Waals surface area contributed by atoms with Gasteiger partial charge in [-0.2, -0.15) is 0 Å². The van der Waals surface area contributed by atoms with Crippen molar-refractivity contribution in [3.8, 4) is 5.75 Å². The Morgan fingerprint density at radius 2 is 2.00 bits per heavy atom. The number of methoxy groups -OCH3 is 1. The first kappa shape index (κ1) is 17.5. The Hall–Kier alpha value is -2.57. The van der Waals surface area contributed by atoms with Crippen LogP contribution in [0.1, 0.15) is 23.7 Å². The summed E-state index contributed by atoms with van der Waals surface area (Å²) in [7, 11) is 1.50. The van der Waals surface area contributed by atoms with Crippen LogP contribution >= 0.6 is 0 Å². The molecule has 0 saturated heterocycles. The molecule has 0 spiro atoms. The molecule has 22 heavy (non-hydrogen) atoms. The number of amides is 2. The fraction of sp³-hybridized carbons (Fsp3) is 0.400. The van der Waals surface area contributed by atoms with Crippen LogP contribution in [0.2, 0.25) is 0 Å². The Kier molecular flexibility index (Phi) is 6.88. The first-order valence-electron chi connectivity index (χ1n) is 6.83. The highest BCUT2D eigenvalue weighted by Crippen LogP contribution is 2.12. The zero-order valence-electron chi connectivity index (χ0n) is 12.6. The second-order valence-corrected chi connectivity index (χ2v) is 4.92. The first-order chi connectivity index (χ1) is 10.4. The molecular weight excluding hydrogens is 288 g/mol. The Balaban J connectivity index is 2.37. The molecule has 0 radical (unpaired) electrons. The van der Waals surface area contributed by atoms with Gasteiger partial charge in [-0.1, -0.05) is 13.0 Å². The highest BCUT2D eigenvalue weighted by Gasteiger charge is 2.11. The van der Waals surface area contributed by atoms with Crippen molar-refractivity contribution in [2.24, 2.45) is 5.92 Å². The first-order valence-corrected chi connectivity index (χ1v) is 6.83. The van der Waals surface area contributed by atoms with Crippen LogP contribution < -0.4 is 15.4 Å². The third-order valence-electron chi connectivity index (χ3n) is 2.91. The second kappa shape index (κ2) is 8.66. The summed E-state index contributed by atoms with van der Waals surface area (Å²) < 4.78 is 5.02. The molecule has 2 amide bonds. The maximum atomic E-state index is 11.9. The average molecular weight is 308 g/mol. The lowest BCUT2D eigenvalue weighted by Gasteiger charge is -2.11. The van der Waals surface area contributed by atoms with Crippen LogP contribution in [0.25, 0.3) is 0 Å². The lowest BCUT2D eigenvalue weighted by Crippen LogP contribution is -2.38. The zero-order chi connectivity index (χ0) is 16.5. The number of carboxylic acids is 1. The topological polar surface area (TPSA) is 105 Å². The maximum Gasteiger partial charge on any atom is 0.303 e.